The first-order valence-electron chi connectivity index (χ1n) is 12.4. The number of nitriles is 1. The Balaban J connectivity index is 1.37. The van der Waals surface area contributed by atoms with Gasteiger partial charge >= 0.3 is 0 Å². The maximum Gasteiger partial charge on any atom is 0.235 e. The van der Waals surface area contributed by atoms with Crippen molar-refractivity contribution < 1.29 is 12.9 Å². The molecule has 36 heavy (non-hydrogen) atoms. The molecule has 2 aliphatic rings. The van der Waals surface area contributed by atoms with Crippen LogP contribution in [-0.2, 0) is 22.9 Å². The normalized spacial score (nSPS) is 16.1. The van der Waals surface area contributed by atoms with Gasteiger partial charge in [0.15, 0.2) is 5.82 Å². The average molecular weight is 502 g/mol. The van der Waals surface area contributed by atoms with Crippen molar-refractivity contribution in [1.29, 1.82) is 5.26 Å². The lowest BCUT2D eigenvalue weighted by molar-refractivity contribution is 0.324. The van der Waals surface area contributed by atoms with Crippen LogP contribution in [-0.4, -0.2) is 28.4 Å². The van der Waals surface area contributed by atoms with Gasteiger partial charge in [-0.2, -0.15) is 10.2 Å². The summed E-state index contributed by atoms with van der Waals surface area (Å²) in [5.74, 6) is 1.24. The van der Waals surface area contributed by atoms with Gasteiger partial charge in [-0.3, -0.25) is 4.72 Å². The van der Waals surface area contributed by atoms with E-state index in [0.29, 0.717) is 35.4 Å². The topological polar surface area (TPSA) is 114 Å². The van der Waals surface area contributed by atoms with E-state index in [-0.39, 0.29) is 5.25 Å². The van der Waals surface area contributed by atoms with Crippen molar-refractivity contribution in [2.24, 2.45) is 0 Å². The molecule has 184 valence electrons. The minimum absolute atomic E-state index is 0.276. The van der Waals surface area contributed by atoms with Gasteiger partial charge in [0.2, 0.25) is 15.9 Å². The maximum atomic E-state index is 12.3. The average Bonchev–Trinajstić information content (AvgIpc) is 3.55. The summed E-state index contributed by atoms with van der Waals surface area (Å²) in [5.41, 5.74) is 5.19. The van der Waals surface area contributed by atoms with E-state index in [2.05, 4.69) is 43.7 Å². The standard InChI is InChI=1S/C27H27N5O3S/c1-17-29-26(30-35-17)14-6-18-5-13-25-23(15-18)24(16-28)27(32(25)21-3-2-4-21)19-7-9-20(10-8-19)31-36(33,34)22-11-12-22/h5,7-10,13,15,21-22,31H,2-4,6,11-12,14H2,1H3. The van der Waals surface area contributed by atoms with E-state index in [1.165, 1.54) is 6.42 Å². The zero-order chi connectivity index (χ0) is 24.9. The number of anilines is 1. The molecule has 0 atom stereocenters. The summed E-state index contributed by atoms with van der Waals surface area (Å²) in [7, 11) is -3.32. The lowest BCUT2D eigenvalue weighted by Crippen LogP contribution is -2.18. The maximum absolute atomic E-state index is 12.3. The number of aryl methyl sites for hydroxylation is 3. The van der Waals surface area contributed by atoms with E-state index >= 15 is 0 Å². The van der Waals surface area contributed by atoms with Crippen molar-refractivity contribution in [3.63, 3.8) is 0 Å². The molecule has 0 saturated heterocycles. The van der Waals surface area contributed by atoms with Gasteiger partial charge in [-0.25, -0.2) is 8.42 Å². The summed E-state index contributed by atoms with van der Waals surface area (Å²) in [6, 6.07) is 16.6. The number of fused-ring (bicyclic) bond motifs is 1. The Labute approximate surface area is 210 Å². The number of hydrogen-bond donors (Lipinski definition) is 1. The van der Waals surface area contributed by atoms with Crippen molar-refractivity contribution in [3.05, 3.63) is 65.3 Å². The van der Waals surface area contributed by atoms with E-state index in [9.17, 15) is 13.7 Å². The Hall–Kier alpha value is -3.64. The number of hydrogen-bond acceptors (Lipinski definition) is 6. The third-order valence-electron chi connectivity index (χ3n) is 7.21. The van der Waals surface area contributed by atoms with Crippen LogP contribution >= 0.6 is 0 Å². The molecule has 0 bridgehead atoms. The number of benzene rings is 2. The number of sulfonamides is 1. The van der Waals surface area contributed by atoms with Crippen LogP contribution in [0.15, 0.2) is 47.0 Å². The van der Waals surface area contributed by atoms with Crippen LogP contribution in [0.4, 0.5) is 5.69 Å². The minimum Gasteiger partial charge on any atom is -0.340 e. The molecule has 2 heterocycles. The van der Waals surface area contributed by atoms with E-state index in [1.54, 1.807) is 19.1 Å². The molecule has 2 saturated carbocycles. The highest BCUT2D eigenvalue weighted by Crippen LogP contribution is 2.43. The van der Waals surface area contributed by atoms with Crippen LogP contribution in [0.5, 0.6) is 0 Å². The number of nitrogens with one attached hydrogen (secondary N) is 1. The second kappa shape index (κ2) is 8.79. The molecule has 2 aliphatic carbocycles. The molecule has 9 heteroatoms. The van der Waals surface area contributed by atoms with Gasteiger partial charge in [0, 0.05) is 30.5 Å². The molecule has 1 N–H and O–H groups in total. The molecule has 8 nitrogen and oxygen atoms in total. The predicted octanol–water partition coefficient (Wildman–Crippen LogP) is 5.29. The molecule has 4 aromatic rings. The smallest absolute Gasteiger partial charge is 0.235 e. The van der Waals surface area contributed by atoms with Crippen molar-refractivity contribution in [2.45, 2.75) is 63.2 Å². The third kappa shape index (κ3) is 4.16. The van der Waals surface area contributed by atoms with Crippen LogP contribution in [0.3, 0.4) is 0 Å². The zero-order valence-corrected chi connectivity index (χ0v) is 20.9. The van der Waals surface area contributed by atoms with Crippen molar-refractivity contribution in [1.82, 2.24) is 14.7 Å². The summed E-state index contributed by atoms with van der Waals surface area (Å²) < 4.78 is 34.7. The number of rotatable bonds is 8. The van der Waals surface area contributed by atoms with Gasteiger partial charge in [0.05, 0.1) is 22.0 Å². The molecule has 0 spiro atoms. The molecule has 0 radical (unpaired) electrons. The van der Waals surface area contributed by atoms with E-state index < -0.39 is 10.0 Å². The third-order valence-corrected chi connectivity index (χ3v) is 9.08. The highest BCUT2D eigenvalue weighted by Gasteiger charge is 2.35. The summed E-state index contributed by atoms with van der Waals surface area (Å²) in [4.78, 5) is 4.29. The number of nitrogens with zero attached hydrogens (tertiary/aromatic N) is 4. The Morgan fingerprint density at radius 1 is 1.11 bits per heavy atom. The van der Waals surface area contributed by atoms with Crippen LogP contribution in [0.25, 0.3) is 22.2 Å². The summed E-state index contributed by atoms with van der Waals surface area (Å²) in [5, 5.41) is 14.9. The largest absolute Gasteiger partial charge is 0.340 e. The molecule has 2 aromatic carbocycles. The molecule has 2 aromatic heterocycles. The monoisotopic (exact) mass is 501 g/mol. The first kappa shape index (κ1) is 22.8. The van der Waals surface area contributed by atoms with Gasteiger partial charge < -0.3 is 9.09 Å². The van der Waals surface area contributed by atoms with Crippen molar-refractivity contribution >= 4 is 26.6 Å². The Bertz CT molecular complexity index is 1590. The second-order valence-electron chi connectivity index (χ2n) is 9.80. The van der Waals surface area contributed by atoms with Gasteiger partial charge in [0.1, 0.15) is 6.07 Å². The summed E-state index contributed by atoms with van der Waals surface area (Å²) in [6.07, 6.45) is 6.20. The van der Waals surface area contributed by atoms with E-state index in [0.717, 1.165) is 59.8 Å². The highest BCUT2D eigenvalue weighted by atomic mass is 32.2. The van der Waals surface area contributed by atoms with E-state index in [4.69, 9.17) is 4.52 Å². The fourth-order valence-electron chi connectivity index (χ4n) is 4.96. The second-order valence-corrected chi connectivity index (χ2v) is 11.8. The van der Waals surface area contributed by atoms with Crippen LogP contribution in [0.1, 0.15) is 61.0 Å². The van der Waals surface area contributed by atoms with E-state index in [1.807, 2.05) is 12.1 Å². The number of aromatic nitrogens is 3. The minimum atomic E-state index is -3.32. The molecule has 0 amide bonds. The van der Waals surface area contributed by atoms with Crippen molar-refractivity contribution in [3.8, 4) is 17.3 Å². The molecule has 6 rings (SSSR count). The van der Waals surface area contributed by atoms with Gasteiger partial charge in [-0.15, -0.1) is 0 Å². The fraction of sp³-hybridized carbons (Fsp3) is 0.370. The van der Waals surface area contributed by atoms with Gasteiger partial charge in [-0.1, -0.05) is 23.4 Å². The molecule has 0 aliphatic heterocycles. The Morgan fingerprint density at radius 3 is 2.50 bits per heavy atom. The lowest BCUT2D eigenvalue weighted by atomic mass is 9.92. The summed E-state index contributed by atoms with van der Waals surface area (Å²) in [6.45, 7) is 1.78. The van der Waals surface area contributed by atoms with Crippen LogP contribution < -0.4 is 4.72 Å². The molecule has 2 fully saturated rings. The van der Waals surface area contributed by atoms with Crippen LogP contribution in [0.2, 0.25) is 0 Å². The zero-order valence-electron chi connectivity index (χ0n) is 20.1. The summed E-state index contributed by atoms with van der Waals surface area (Å²) >= 11 is 0. The molecular weight excluding hydrogens is 474 g/mol. The first-order chi connectivity index (χ1) is 17.4. The van der Waals surface area contributed by atoms with Crippen LogP contribution in [0, 0.1) is 18.3 Å². The SMILES string of the molecule is Cc1nc(CCc2ccc3c(c2)c(C#N)c(-c2ccc(NS(=O)(=O)C4CC4)cc2)n3C2CCC2)no1. The molecule has 0 unspecified atom stereocenters. The van der Waals surface area contributed by atoms with Gasteiger partial charge in [-0.05, 0) is 73.9 Å². The Kier molecular flexibility index (Phi) is 5.56. The quantitative estimate of drug-likeness (QED) is 0.351. The fourth-order valence-corrected chi connectivity index (χ4v) is 6.35. The molecular formula is C27H27N5O3S. The lowest BCUT2D eigenvalue weighted by Gasteiger charge is -2.30. The Morgan fingerprint density at radius 2 is 1.89 bits per heavy atom. The van der Waals surface area contributed by atoms with Crippen molar-refractivity contribution in [2.75, 3.05) is 4.72 Å². The first-order valence-corrected chi connectivity index (χ1v) is 14.0. The highest BCUT2D eigenvalue weighted by molar-refractivity contribution is 7.93. The van der Waals surface area contributed by atoms with Gasteiger partial charge in [0.25, 0.3) is 0 Å². The predicted molar refractivity (Wildman–Crippen MR) is 137 cm³/mol.